The quantitative estimate of drug-likeness (QED) is 0.596. The molecule has 0 radical (unpaired) electrons. The molecule has 0 aromatic heterocycles. The Balaban J connectivity index is 0.00000392. The third kappa shape index (κ3) is 6.99. The van der Waals surface area contributed by atoms with Crippen molar-refractivity contribution in [2.24, 2.45) is 0 Å². The lowest BCUT2D eigenvalue weighted by Crippen LogP contribution is -2.52. The molecular weight excluding hydrogens is 380 g/mol. The molecule has 7 heteroatoms. The Hall–Kier alpha value is -1.79. The highest BCUT2D eigenvalue weighted by Gasteiger charge is 2.23. The van der Waals surface area contributed by atoms with Gasteiger partial charge in [-0.1, -0.05) is 13.8 Å². The first kappa shape index (κ1) is 24.2. The zero-order valence-corrected chi connectivity index (χ0v) is 18.0. The minimum Gasteiger partial charge on any atom is -0.490 e. The number of Topliss-reactive ketones (excluding diaryl/α,β-unsaturated/α-hetero) is 1. The smallest absolute Gasteiger partial charge is 0.223 e. The maximum atomic E-state index is 12.6. The standard InChI is InChI=1S/C21H32N2O4.ClH/c1-4-12-26-19-8-6-17(14-20(19)27-13-5-2)18(24)7-9-21(25)23-11-10-22-15-16(23)3;/h6,8,14,16,22H,4-5,7,9-13,15H2,1-3H3;1H/t16-;/m0./s1. The summed E-state index contributed by atoms with van der Waals surface area (Å²) in [5.41, 5.74) is 0.561. The second-order valence-electron chi connectivity index (χ2n) is 6.92. The van der Waals surface area contributed by atoms with Gasteiger partial charge >= 0.3 is 0 Å². The van der Waals surface area contributed by atoms with Gasteiger partial charge in [-0.05, 0) is 38.0 Å². The molecule has 0 unspecified atom stereocenters. The van der Waals surface area contributed by atoms with Crippen LogP contribution in [0.25, 0.3) is 0 Å². The number of carbonyl (C=O) groups excluding carboxylic acids is 2. The van der Waals surface area contributed by atoms with Gasteiger partial charge in [-0.2, -0.15) is 0 Å². The van der Waals surface area contributed by atoms with Crippen LogP contribution in [0.2, 0.25) is 0 Å². The van der Waals surface area contributed by atoms with Crippen LogP contribution in [0.3, 0.4) is 0 Å². The molecule has 1 aromatic carbocycles. The molecule has 1 amide bonds. The van der Waals surface area contributed by atoms with Crippen LogP contribution in [-0.4, -0.2) is 55.5 Å². The van der Waals surface area contributed by atoms with Crippen LogP contribution in [0, 0.1) is 0 Å². The van der Waals surface area contributed by atoms with Crippen molar-refractivity contribution in [3.05, 3.63) is 23.8 Å². The van der Waals surface area contributed by atoms with E-state index in [1.165, 1.54) is 0 Å². The Kier molecular flexibility index (Phi) is 10.9. The summed E-state index contributed by atoms with van der Waals surface area (Å²) in [5.74, 6) is 1.25. The minimum atomic E-state index is -0.0467. The molecule has 158 valence electrons. The lowest BCUT2D eigenvalue weighted by molar-refractivity contribution is -0.133. The first-order valence-corrected chi connectivity index (χ1v) is 9.99. The van der Waals surface area contributed by atoms with Crippen LogP contribution >= 0.6 is 12.4 Å². The molecule has 1 aliphatic rings. The number of halogens is 1. The van der Waals surface area contributed by atoms with E-state index in [4.69, 9.17) is 9.47 Å². The highest BCUT2D eigenvalue weighted by atomic mass is 35.5. The molecule has 6 nitrogen and oxygen atoms in total. The molecule has 0 aliphatic carbocycles. The van der Waals surface area contributed by atoms with E-state index in [-0.39, 0.29) is 43.0 Å². The van der Waals surface area contributed by atoms with Crippen molar-refractivity contribution in [1.29, 1.82) is 0 Å². The SMILES string of the molecule is CCCOc1ccc(C(=O)CCC(=O)N2CCNC[C@@H]2C)cc1OCCC.Cl. The van der Waals surface area contributed by atoms with Gasteiger partial charge in [-0.3, -0.25) is 9.59 Å². The fourth-order valence-electron chi connectivity index (χ4n) is 3.06. The van der Waals surface area contributed by atoms with E-state index in [1.54, 1.807) is 18.2 Å². The monoisotopic (exact) mass is 412 g/mol. The van der Waals surface area contributed by atoms with E-state index in [9.17, 15) is 9.59 Å². The fourth-order valence-corrected chi connectivity index (χ4v) is 3.06. The van der Waals surface area contributed by atoms with Gasteiger partial charge < -0.3 is 19.7 Å². The number of carbonyl (C=O) groups is 2. The number of ketones is 1. The minimum absolute atomic E-state index is 0. The Labute approximate surface area is 174 Å². The number of hydrogen-bond donors (Lipinski definition) is 1. The summed E-state index contributed by atoms with van der Waals surface area (Å²) in [6.07, 6.45) is 2.23. The van der Waals surface area contributed by atoms with Crippen LogP contribution in [0.5, 0.6) is 11.5 Å². The molecule has 0 saturated carbocycles. The summed E-state index contributed by atoms with van der Waals surface area (Å²) in [7, 11) is 0. The van der Waals surface area contributed by atoms with Crippen molar-refractivity contribution < 1.29 is 19.1 Å². The fraction of sp³-hybridized carbons (Fsp3) is 0.619. The van der Waals surface area contributed by atoms with Gasteiger partial charge in [0.1, 0.15) is 0 Å². The zero-order chi connectivity index (χ0) is 19.6. The molecule has 1 heterocycles. The van der Waals surface area contributed by atoms with Crippen LogP contribution in [0.1, 0.15) is 56.8 Å². The largest absolute Gasteiger partial charge is 0.490 e. The first-order chi connectivity index (χ1) is 13.1. The van der Waals surface area contributed by atoms with Gasteiger partial charge in [0.2, 0.25) is 5.91 Å². The predicted octanol–water partition coefficient (Wildman–Crippen LogP) is 3.47. The van der Waals surface area contributed by atoms with Gasteiger partial charge in [0.05, 0.1) is 13.2 Å². The normalized spacial score (nSPS) is 16.2. The molecule has 1 aromatic rings. The van der Waals surface area contributed by atoms with E-state index in [0.717, 1.165) is 25.9 Å². The van der Waals surface area contributed by atoms with Crippen LogP contribution in [-0.2, 0) is 4.79 Å². The van der Waals surface area contributed by atoms with Crippen molar-refractivity contribution in [2.75, 3.05) is 32.8 Å². The summed E-state index contributed by atoms with van der Waals surface area (Å²) >= 11 is 0. The van der Waals surface area contributed by atoms with Crippen LogP contribution in [0.15, 0.2) is 18.2 Å². The molecule has 1 atom stereocenters. The lowest BCUT2D eigenvalue weighted by atomic mass is 10.0. The predicted molar refractivity (Wildman–Crippen MR) is 113 cm³/mol. The van der Waals surface area contributed by atoms with E-state index in [2.05, 4.69) is 5.32 Å². The van der Waals surface area contributed by atoms with Crippen molar-refractivity contribution in [2.45, 2.75) is 52.5 Å². The summed E-state index contributed by atoms with van der Waals surface area (Å²) in [6.45, 7) is 9.58. The van der Waals surface area contributed by atoms with E-state index in [0.29, 0.717) is 36.8 Å². The van der Waals surface area contributed by atoms with Crippen molar-refractivity contribution in [1.82, 2.24) is 10.2 Å². The van der Waals surface area contributed by atoms with Crippen LogP contribution < -0.4 is 14.8 Å². The van der Waals surface area contributed by atoms with Gasteiger partial charge in [-0.15, -0.1) is 12.4 Å². The van der Waals surface area contributed by atoms with E-state index >= 15 is 0 Å². The molecule has 0 bridgehead atoms. The zero-order valence-electron chi connectivity index (χ0n) is 17.2. The molecule has 1 fully saturated rings. The molecule has 1 aliphatic heterocycles. The number of benzene rings is 1. The Morgan fingerprint density at radius 3 is 2.43 bits per heavy atom. The second-order valence-corrected chi connectivity index (χ2v) is 6.92. The third-order valence-corrected chi connectivity index (χ3v) is 4.58. The van der Waals surface area contributed by atoms with Gasteiger partial charge in [-0.25, -0.2) is 0 Å². The number of nitrogens with zero attached hydrogens (tertiary/aromatic N) is 1. The molecule has 0 spiro atoms. The highest BCUT2D eigenvalue weighted by molar-refractivity contribution is 5.98. The third-order valence-electron chi connectivity index (χ3n) is 4.58. The van der Waals surface area contributed by atoms with Crippen LogP contribution in [0.4, 0.5) is 0 Å². The topological polar surface area (TPSA) is 67.9 Å². The number of nitrogens with one attached hydrogen (secondary N) is 1. The maximum absolute atomic E-state index is 12.6. The summed E-state index contributed by atoms with van der Waals surface area (Å²) in [6, 6.07) is 5.45. The molecule has 1 N–H and O–H groups in total. The average Bonchev–Trinajstić information content (AvgIpc) is 2.69. The summed E-state index contributed by atoms with van der Waals surface area (Å²) < 4.78 is 11.5. The summed E-state index contributed by atoms with van der Waals surface area (Å²) in [4.78, 5) is 26.9. The Morgan fingerprint density at radius 2 is 1.79 bits per heavy atom. The van der Waals surface area contributed by atoms with E-state index < -0.39 is 0 Å². The molecular formula is C21H33ClN2O4. The molecule has 1 saturated heterocycles. The van der Waals surface area contributed by atoms with Crippen molar-refractivity contribution in [3.63, 3.8) is 0 Å². The van der Waals surface area contributed by atoms with Gasteiger partial charge in [0, 0.05) is 44.1 Å². The lowest BCUT2D eigenvalue weighted by Gasteiger charge is -2.34. The number of hydrogen-bond acceptors (Lipinski definition) is 5. The maximum Gasteiger partial charge on any atom is 0.223 e. The Bertz CT molecular complexity index is 639. The van der Waals surface area contributed by atoms with Gasteiger partial charge in [0.25, 0.3) is 0 Å². The number of rotatable bonds is 10. The van der Waals surface area contributed by atoms with E-state index in [1.807, 2.05) is 25.7 Å². The van der Waals surface area contributed by atoms with Crippen molar-refractivity contribution >= 4 is 24.1 Å². The highest BCUT2D eigenvalue weighted by Crippen LogP contribution is 2.29. The molecule has 2 rings (SSSR count). The summed E-state index contributed by atoms with van der Waals surface area (Å²) in [5, 5.41) is 3.27. The Morgan fingerprint density at radius 1 is 1.11 bits per heavy atom. The molecule has 28 heavy (non-hydrogen) atoms. The second kappa shape index (κ2) is 12.6. The number of ether oxygens (including phenoxy) is 2. The van der Waals surface area contributed by atoms with Gasteiger partial charge in [0.15, 0.2) is 17.3 Å². The first-order valence-electron chi connectivity index (χ1n) is 9.99. The number of piperazine rings is 1. The number of amides is 1. The van der Waals surface area contributed by atoms with Crippen molar-refractivity contribution in [3.8, 4) is 11.5 Å². The average molecular weight is 413 g/mol.